The average molecular weight is 267 g/mol. The van der Waals surface area contributed by atoms with Crippen LogP contribution in [0.25, 0.3) is 0 Å². The zero-order chi connectivity index (χ0) is 12.1. The fourth-order valence-corrected chi connectivity index (χ4v) is 2.02. The fraction of sp³-hybridized carbons (Fsp3) is 0.300. The fourth-order valence-electron chi connectivity index (χ4n) is 1.72. The Morgan fingerprint density at radius 2 is 1.88 bits per heavy atom. The lowest BCUT2D eigenvalue weighted by molar-refractivity contribution is -0.142. The lowest BCUT2D eigenvalue weighted by Gasteiger charge is -2.12. The van der Waals surface area contributed by atoms with E-state index in [9.17, 15) is 13.6 Å². The Labute approximate surface area is 99.8 Å². The Kier molecular flexibility index (Phi) is 2.40. The first kappa shape index (κ1) is 11.6. The predicted molar refractivity (Wildman–Crippen MR) is 55.3 cm³/mol. The number of benzene rings is 1. The van der Waals surface area contributed by atoms with Crippen LogP contribution in [0.15, 0.2) is 18.2 Å². The van der Waals surface area contributed by atoms with Gasteiger partial charge in [0, 0.05) is 6.42 Å². The first-order chi connectivity index (χ1) is 7.31. The molecule has 1 aromatic rings. The number of aliphatic carboxylic acids is 1. The molecular weight excluding hydrogens is 261 g/mol. The lowest BCUT2D eigenvalue weighted by atomic mass is 9.95. The number of rotatable bonds is 2. The van der Waals surface area contributed by atoms with Gasteiger partial charge in [-0.25, -0.2) is 8.78 Å². The minimum atomic E-state index is -3.23. The molecule has 0 aliphatic heterocycles. The molecule has 2 nitrogen and oxygen atoms in total. The molecule has 0 amide bonds. The van der Waals surface area contributed by atoms with Crippen molar-refractivity contribution in [1.29, 1.82) is 0 Å². The van der Waals surface area contributed by atoms with Crippen molar-refractivity contribution < 1.29 is 18.7 Å². The van der Waals surface area contributed by atoms with Crippen LogP contribution in [-0.2, 0) is 10.2 Å². The van der Waals surface area contributed by atoms with Crippen molar-refractivity contribution in [3.05, 3.63) is 33.8 Å². The van der Waals surface area contributed by atoms with Crippen LogP contribution in [0.5, 0.6) is 0 Å². The summed E-state index contributed by atoms with van der Waals surface area (Å²) in [4.78, 5) is 10.9. The maximum Gasteiger partial charge on any atom is 0.320 e. The molecule has 0 aromatic heterocycles. The van der Waals surface area contributed by atoms with Gasteiger partial charge in [-0.05, 0) is 17.7 Å². The van der Waals surface area contributed by atoms with Crippen molar-refractivity contribution in [2.75, 3.05) is 0 Å². The molecule has 1 aliphatic rings. The molecule has 0 radical (unpaired) electrons. The van der Waals surface area contributed by atoms with E-state index >= 15 is 0 Å². The number of carbonyl (C=O) groups is 1. The van der Waals surface area contributed by atoms with Crippen molar-refractivity contribution in [2.24, 2.45) is 0 Å². The summed E-state index contributed by atoms with van der Waals surface area (Å²) in [5.41, 5.74) is -2.15. The predicted octanol–water partition coefficient (Wildman–Crippen LogP) is 3.35. The summed E-state index contributed by atoms with van der Waals surface area (Å²) >= 11 is 11.3. The highest BCUT2D eigenvalue weighted by molar-refractivity contribution is 6.42. The van der Waals surface area contributed by atoms with Gasteiger partial charge in [0.05, 0.1) is 10.0 Å². The molecule has 1 saturated carbocycles. The quantitative estimate of drug-likeness (QED) is 0.892. The molecule has 0 heterocycles. The average Bonchev–Trinajstić information content (AvgIpc) is 2.75. The molecule has 0 bridgehead atoms. The van der Waals surface area contributed by atoms with Gasteiger partial charge >= 0.3 is 5.97 Å². The highest BCUT2D eigenvalue weighted by Crippen LogP contribution is 2.62. The number of carboxylic acid groups (broad SMARTS) is 1. The van der Waals surface area contributed by atoms with Crippen LogP contribution in [-0.4, -0.2) is 17.0 Å². The third kappa shape index (κ3) is 1.40. The van der Waals surface area contributed by atoms with Gasteiger partial charge in [0.1, 0.15) is 0 Å². The van der Waals surface area contributed by atoms with E-state index in [-0.39, 0.29) is 15.6 Å². The molecule has 1 aromatic carbocycles. The minimum absolute atomic E-state index is 0.0144. The molecule has 6 heteroatoms. The lowest BCUT2D eigenvalue weighted by Crippen LogP contribution is -2.27. The molecular formula is C10H6Cl2F2O2. The highest BCUT2D eigenvalue weighted by Gasteiger charge is 2.77. The first-order valence-corrected chi connectivity index (χ1v) is 5.13. The number of alkyl halides is 2. The molecule has 0 spiro atoms. The van der Waals surface area contributed by atoms with Gasteiger partial charge in [-0.2, -0.15) is 0 Å². The van der Waals surface area contributed by atoms with E-state index in [4.69, 9.17) is 28.3 Å². The van der Waals surface area contributed by atoms with E-state index < -0.39 is 23.7 Å². The van der Waals surface area contributed by atoms with Crippen LogP contribution < -0.4 is 0 Å². The van der Waals surface area contributed by atoms with E-state index in [1.165, 1.54) is 18.2 Å². The number of carboxylic acids is 1. The zero-order valence-electron chi connectivity index (χ0n) is 7.81. The summed E-state index contributed by atoms with van der Waals surface area (Å²) in [6.07, 6.45) is -0.701. The van der Waals surface area contributed by atoms with E-state index in [2.05, 4.69) is 0 Å². The summed E-state index contributed by atoms with van der Waals surface area (Å²) in [5.74, 6) is -4.77. The highest BCUT2D eigenvalue weighted by atomic mass is 35.5. The number of halogens is 4. The van der Waals surface area contributed by atoms with E-state index in [1.807, 2.05) is 0 Å². The zero-order valence-corrected chi connectivity index (χ0v) is 9.32. The number of hydrogen-bond donors (Lipinski definition) is 1. The maximum absolute atomic E-state index is 13.2. The number of hydrogen-bond acceptors (Lipinski definition) is 1. The van der Waals surface area contributed by atoms with Crippen LogP contribution in [0.2, 0.25) is 10.0 Å². The van der Waals surface area contributed by atoms with Gasteiger partial charge in [0.2, 0.25) is 0 Å². The van der Waals surface area contributed by atoms with E-state index in [1.54, 1.807) is 0 Å². The van der Waals surface area contributed by atoms with Crippen molar-refractivity contribution in [3.63, 3.8) is 0 Å². The first-order valence-electron chi connectivity index (χ1n) is 4.38. The monoisotopic (exact) mass is 266 g/mol. The van der Waals surface area contributed by atoms with Gasteiger partial charge in [-0.15, -0.1) is 0 Å². The Bertz CT molecular complexity index is 476. The standard InChI is InChI=1S/C10H6Cl2F2O2/c11-6-2-1-5(3-7(6)12)9(8(15)16)4-10(9,13)14/h1-3H,4H2,(H,15,16). The molecule has 0 saturated heterocycles. The third-order valence-electron chi connectivity index (χ3n) is 2.76. The van der Waals surface area contributed by atoms with Crippen molar-refractivity contribution in [2.45, 2.75) is 17.8 Å². The maximum atomic E-state index is 13.2. The molecule has 2 rings (SSSR count). The molecule has 1 atom stereocenters. The summed E-state index contributed by atoms with van der Waals surface area (Å²) in [7, 11) is 0. The summed E-state index contributed by atoms with van der Waals surface area (Å²) in [6, 6.07) is 3.76. The Morgan fingerprint density at radius 1 is 1.31 bits per heavy atom. The van der Waals surface area contributed by atoms with Crippen LogP contribution in [0, 0.1) is 0 Å². The van der Waals surface area contributed by atoms with Crippen LogP contribution >= 0.6 is 23.2 Å². The molecule has 1 fully saturated rings. The molecule has 1 N–H and O–H groups in total. The largest absolute Gasteiger partial charge is 0.480 e. The summed E-state index contributed by atoms with van der Waals surface area (Å²) in [6.45, 7) is 0. The van der Waals surface area contributed by atoms with Gasteiger partial charge in [0.25, 0.3) is 5.92 Å². The summed E-state index contributed by atoms with van der Waals surface area (Å²) in [5, 5.41) is 9.17. The normalized spacial score (nSPS) is 26.5. The Morgan fingerprint density at radius 3 is 2.25 bits per heavy atom. The van der Waals surface area contributed by atoms with Gasteiger partial charge < -0.3 is 5.11 Å². The van der Waals surface area contributed by atoms with Crippen molar-refractivity contribution in [3.8, 4) is 0 Å². The molecule has 86 valence electrons. The molecule has 1 unspecified atom stereocenters. The Hall–Kier alpha value is -0.870. The molecule has 1 aliphatic carbocycles. The van der Waals surface area contributed by atoms with Gasteiger partial charge in [-0.1, -0.05) is 29.3 Å². The smallest absolute Gasteiger partial charge is 0.320 e. The second kappa shape index (κ2) is 3.31. The van der Waals surface area contributed by atoms with Gasteiger partial charge in [-0.3, -0.25) is 4.79 Å². The van der Waals surface area contributed by atoms with Crippen molar-refractivity contribution in [1.82, 2.24) is 0 Å². The van der Waals surface area contributed by atoms with Crippen LogP contribution in [0.1, 0.15) is 12.0 Å². The SMILES string of the molecule is O=C(O)C1(c2ccc(Cl)c(Cl)c2)CC1(F)F. The Balaban J connectivity index is 2.51. The van der Waals surface area contributed by atoms with E-state index in [0.29, 0.717) is 0 Å². The second-order valence-electron chi connectivity index (χ2n) is 3.72. The summed E-state index contributed by atoms with van der Waals surface area (Å²) < 4.78 is 26.3. The molecule has 16 heavy (non-hydrogen) atoms. The second-order valence-corrected chi connectivity index (χ2v) is 4.53. The third-order valence-corrected chi connectivity index (χ3v) is 3.50. The minimum Gasteiger partial charge on any atom is -0.480 e. The topological polar surface area (TPSA) is 37.3 Å². The van der Waals surface area contributed by atoms with Crippen LogP contribution in [0.4, 0.5) is 8.78 Å². The van der Waals surface area contributed by atoms with E-state index in [0.717, 1.165) is 0 Å². The van der Waals surface area contributed by atoms with Crippen molar-refractivity contribution >= 4 is 29.2 Å². The van der Waals surface area contributed by atoms with Crippen LogP contribution in [0.3, 0.4) is 0 Å². The van der Waals surface area contributed by atoms with Gasteiger partial charge in [0.15, 0.2) is 5.41 Å².